The van der Waals surface area contributed by atoms with Gasteiger partial charge in [0, 0.05) is 10.9 Å². The average molecular weight is 266 g/mol. The van der Waals surface area contributed by atoms with E-state index in [1.807, 2.05) is 36.4 Å². The Bertz CT molecular complexity index is 770. The fourth-order valence-corrected chi connectivity index (χ4v) is 2.41. The minimum absolute atomic E-state index is 0.0249. The maximum Gasteiger partial charge on any atom is 0.372 e. The van der Waals surface area contributed by atoms with Gasteiger partial charge >= 0.3 is 5.97 Å². The van der Waals surface area contributed by atoms with Crippen molar-refractivity contribution in [2.45, 2.75) is 13.3 Å². The first-order chi connectivity index (χ1) is 9.65. The summed E-state index contributed by atoms with van der Waals surface area (Å²) in [6.45, 7) is 1.78. The van der Waals surface area contributed by atoms with Crippen LogP contribution in [0.2, 0.25) is 0 Å². The van der Waals surface area contributed by atoms with E-state index in [9.17, 15) is 4.79 Å². The molecule has 0 saturated heterocycles. The molecule has 0 spiro atoms. The third kappa shape index (κ3) is 2.18. The van der Waals surface area contributed by atoms with E-state index in [0.717, 1.165) is 17.4 Å². The lowest BCUT2D eigenvalue weighted by Crippen LogP contribution is -1.95. The van der Waals surface area contributed by atoms with Crippen LogP contribution < -0.4 is 0 Å². The van der Waals surface area contributed by atoms with E-state index in [2.05, 4.69) is 12.1 Å². The summed E-state index contributed by atoms with van der Waals surface area (Å²) in [7, 11) is 0. The average Bonchev–Trinajstić information content (AvgIpc) is 2.77. The number of carbonyl (C=O) groups is 1. The molecule has 0 aliphatic carbocycles. The Hall–Kier alpha value is -2.55. The molecule has 0 radical (unpaired) electrons. The number of aryl methyl sites for hydroxylation is 1. The van der Waals surface area contributed by atoms with Crippen molar-refractivity contribution in [3.05, 3.63) is 71.0 Å². The van der Waals surface area contributed by atoms with Gasteiger partial charge in [-0.25, -0.2) is 4.79 Å². The molecule has 20 heavy (non-hydrogen) atoms. The van der Waals surface area contributed by atoms with E-state index in [1.165, 1.54) is 5.56 Å². The SMILES string of the molecule is Cc1c(C(=O)O)oc2ccc(Cc3ccccc3)cc12. The highest BCUT2D eigenvalue weighted by Gasteiger charge is 2.16. The van der Waals surface area contributed by atoms with Crippen LogP contribution in [0.3, 0.4) is 0 Å². The fraction of sp³-hybridized carbons (Fsp3) is 0.118. The van der Waals surface area contributed by atoms with Crippen molar-refractivity contribution in [3.63, 3.8) is 0 Å². The molecular formula is C17H14O3. The summed E-state index contributed by atoms with van der Waals surface area (Å²) in [6, 6.07) is 16.0. The molecule has 1 N–H and O–H groups in total. The first-order valence-corrected chi connectivity index (χ1v) is 6.44. The molecule has 0 amide bonds. The van der Waals surface area contributed by atoms with Gasteiger partial charge in [-0.2, -0.15) is 0 Å². The molecule has 0 atom stereocenters. The first kappa shape index (κ1) is 12.5. The van der Waals surface area contributed by atoms with Gasteiger partial charge in [0.1, 0.15) is 5.58 Å². The molecule has 0 aliphatic heterocycles. The van der Waals surface area contributed by atoms with Gasteiger partial charge < -0.3 is 9.52 Å². The van der Waals surface area contributed by atoms with Gasteiger partial charge in [0.2, 0.25) is 5.76 Å². The molecule has 3 aromatic rings. The molecule has 0 aliphatic rings. The minimum atomic E-state index is -1.02. The molecule has 0 bridgehead atoms. The lowest BCUT2D eigenvalue weighted by molar-refractivity contribution is 0.0664. The second-order valence-corrected chi connectivity index (χ2v) is 4.85. The Labute approximate surface area is 116 Å². The summed E-state index contributed by atoms with van der Waals surface area (Å²) < 4.78 is 5.37. The van der Waals surface area contributed by atoms with Gasteiger partial charge in [0.15, 0.2) is 0 Å². The number of hydrogen-bond donors (Lipinski definition) is 1. The third-order valence-electron chi connectivity index (χ3n) is 3.45. The summed E-state index contributed by atoms with van der Waals surface area (Å²) in [5, 5.41) is 9.95. The van der Waals surface area contributed by atoms with Crippen LogP contribution in [-0.2, 0) is 6.42 Å². The number of fused-ring (bicyclic) bond motifs is 1. The van der Waals surface area contributed by atoms with Crippen LogP contribution in [0.25, 0.3) is 11.0 Å². The second-order valence-electron chi connectivity index (χ2n) is 4.85. The van der Waals surface area contributed by atoms with Gasteiger partial charge in [-0.15, -0.1) is 0 Å². The third-order valence-corrected chi connectivity index (χ3v) is 3.45. The Morgan fingerprint density at radius 1 is 1.10 bits per heavy atom. The summed E-state index contributed by atoms with van der Waals surface area (Å²) >= 11 is 0. The fourth-order valence-electron chi connectivity index (χ4n) is 2.41. The maximum absolute atomic E-state index is 11.1. The lowest BCUT2D eigenvalue weighted by atomic mass is 10.0. The van der Waals surface area contributed by atoms with Gasteiger partial charge in [0.25, 0.3) is 0 Å². The van der Waals surface area contributed by atoms with Crippen LogP contribution in [0.4, 0.5) is 0 Å². The highest BCUT2D eigenvalue weighted by Crippen LogP contribution is 2.27. The summed E-state index contributed by atoms with van der Waals surface area (Å²) in [6.07, 6.45) is 0.823. The largest absolute Gasteiger partial charge is 0.475 e. The van der Waals surface area contributed by atoms with Crippen molar-refractivity contribution in [2.75, 3.05) is 0 Å². The van der Waals surface area contributed by atoms with E-state index < -0.39 is 5.97 Å². The first-order valence-electron chi connectivity index (χ1n) is 6.44. The summed E-state index contributed by atoms with van der Waals surface area (Å²) in [4.78, 5) is 11.1. The zero-order valence-corrected chi connectivity index (χ0v) is 11.1. The highest BCUT2D eigenvalue weighted by molar-refractivity contribution is 5.95. The van der Waals surface area contributed by atoms with Crippen LogP contribution in [0.5, 0.6) is 0 Å². The molecule has 100 valence electrons. The van der Waals surface area contributed by atoms with Crippen molar-refractivity contribution >= 4 is 16.9 Å². The Balaban J connectivity index is 2.02. The highest BCUT2D eigenvalue weighted by atomic mass is 16.4. The molecular weight excluding hydrogens is 252 g/mol. The van der Waals surface area contributed by atoms with Gasteiger partial charge in [-0.05, 0) is 36.6 Å². The number of hydrogen-bond acceptors (Lipinski definition) is 2. The van der Waals surface area contributed by atoms with Crippen LogP contribution in [-0.4, -0.2) is 11.1 Å². The molecule has 2 aromatic carbocycles. The van der Waals surface area contributed by atoms with E-state index in [4.69, 9.17) is 9.52 Å². The normalized spacial score (nSPS) is 10.8. The van der Waals surface area contributed by atoms with Crippen molar-refractivity contribution in [1.29, 1.82) is 0 Å². The van der Waals surface area contributed by atoms with Gasteiger partial charge in [-0.3, -0.25) is 0 Å². The number of benzene rings is 2. The lowest BCUT2D eigenvalue weighted by Gasteiger charge is -2.02. The van der Waals surface area contributed by atoms with Crippen molar-refractivity contribution in [3.8, 4) is 0 Å². The molecule has 0 saturated carbocycles. The zero-order valence-electron chi connectivity index (χ0n) is 11.1. The molecule has 3 heteroatoms. The van der Waals surface area contributed by atoms with Gasteiger partial charge in [0.05, 0.1) is 0 Å². The van der Waals surface area contributed by atoms with E-state index >= 15 is 0 Å². The van der Waals surface area contributed by atoms with E-state index in [1.54, 1.807) is 6.92 Å². The number of furan rings is 1. The summed E-state index contributed by atoms with van der Waals surface area (Å²) in [5.74, 6) is -1.000. The van der Waals surface area contributed by atoms with Crippen molar-refractivity contribution in [2.24, 2.45) is 0 Å². The second kappa shape index (κ2) is 4.85. The van der Waals surface area contributed by atoms with E-state index in [0.29, 0.717) is 11.1 Å². The molecule has 1 aromatic heterocycles. The Morgan fingerprint density at radius 3 is 2.55 bits per heavy atom. The standard InChI is InChI=1S/C17H14O3/c1-11-14-10-13(9-12-5-3-2-4-6-12)7-8-15(14)20-16(11)17(18)19/h2-8,10H,9H2,1H3,(H,18,19). The summed E-state index contributed by atoms with van der Waals surface area (Å²) in [5.41, 5.74) is 3.68. The van der Waals surface area contributed by atoms with Crippen LogP contribution in [0, 0.1) is 6.92 Å². The number of carboxylic acids is 1. The molecule has 0 fully saturated rings. The molecule has 3 rings (SSSR count). The van der Waals surface area contributed by atoms with Crippen LogP contribution >= 0.6 is 0 Å². The smallest absolute Gasteiger partial charge is 0.372 e. The number of aromatic carboxylic acids is 1. The van der Waals surface area contributed by atoms with Gasteiger partial charge in [-0.1, -0.05) is 36.4 Å². The topological polar surface area (TPSA) is 50.4 Å². The van der Waals surface area contributed by atoms with E-state index in [-0.39, 0.29) is 5.76 Å². The zero-order chi connectivity index (χ0) is 14.1. The van der Waals surface area contributed by atoms with Crippen molar-refractivity contribution < 1.29 is 14.3 Å². The molecule has 1 heterocycles. The van der Waals surface area contributed by atoms with Crippen LogP contribution in [0.15, 0.2) is 52.9 Å². The number of rotatable bonds is 3. The Morgan fingerprint density at radius 2 is 1.85 bits per heavy atom. The predicted octanol–water partition coefficient (Wildman–Crippen LogP) is 4.03. The van der Waals surface area contributed by atoms with Crippen molar-refractivity contribution in [1.82, 2.24) is 0 Å². The number of carboxylic acid groups (broad SMARTS) is 1. The maximum atomic E-state index is 11.1. The quantitative estimate of drug-likeness (QED) is 0.778. The molecule has 3 nitrogen and oxygen atoms in total. The molecule has 0 unspecified atom stereocenters. The predicted molar refractivity (Wildman–Crippen MR) is 77.2 cm³/mol. The minimum Gasteiger partial charge on any atom is -0.475 e. The Kier molecular flexibility index (Phi) is 3.03. The monoisotopic (exact) mass is 266 g/mol. The van der Waals surface area contributed by atoms with Crippen LogP contribution in [0.1, 0.15) is 27.2 Å².